The van der Waals surface area contributed by atoms with Crippen LogP contribution >= 0.6 is 11.6 Å². The van der Waals surface area contributed by atoms with Gasteiger partial charge in [-0.15, -0.1) is 0 Å². The Kier molecular flexibility index (Phi) is 5.36. The highest BCUT2D eigenvalue weighted by Gasteiger charge is 2.51. The van der Waals surface area contributed by atoms with Gasteiger partial charge in [0.15, 0.2) is 0 Å². The second kappa shape index (κ2) is 9.54. The second-order valence-corrected chi connectivity index (χ2v) is 13.0. The van der Waals surface area contributed by atoms with Crippen LogP contribution in [0.5, 0.6) is 0 Å². The second-order valence-electron chi connectivity index (χ2n) is 12.5. The predicted molar refractivity (Wildman–Crippen MR) is 194 cm³/mol. The molecule has 8 aromatic rings. The molecule has 0 fully saturated rings. The van der Waals surface area contributed by atoms with Gasteiger partial charge in [0.1, 0.15) is 0 Å². The standard InChI is InChI=1S/C45H27Cl/c46-30-22-24-32(40(27-30)39-25-28-11-1-2-12-31(28)33-13-3-4-14-34(33)39)29-21-23-38-37-17-7-10-20-43(37)45(44(38)26-29)41-18-8-5-15-35(41)36-16-6-9-19-42(36)45/h1-27H. The summed E-state index contributed by atoms with van der Waals surface area (Å²) >= 11 is 6.79. The zero-order chi connectivity index (χ0) is 30.4. The van der Waals surface area contributed by atoms with Crippen LogP contribution in [0.25, 0.3) is 66.1 Å². The normalized spacial score (nSPS) is 13.5. The van der Waals surface area contributed by atoms with E-state index in [0.717, 1.165) is 10.6 Å². The molecule has 0 nitrogen and oxygen atoms in total. The number of hydrogen-bond donors (Lipinski definition) is 0. The molecule has 0 radical (unpaired) electrons. The van der Waals surface area contributed by atoms with E-state index in [1.54, 1.807) is 0 Å². The summed E-state index contributed by atoms with van der Waals surface area (Å²) in [5, 5.41) is 5.71. The molecular formula is C45H27Cl. The third kappa shape index (κ3) is 3.35. The lowest BCUT2D eigenvalue weighted by atomic mass is 9.70. The Labute approximate surface area is 273 Å². The highest BCUT2D eigenvalue weighted by molar-refractivity contribution is 6.31. The topological polar surface area (TPSA) is 0 Å². The minimum atomic E-state index is -0.378. The van der Waals surface area contributed by atoms with Crippen LogP contribution in [0.2, 0.25) is 5.02 Å². The molecule has 1 spiro atoms. The average molecular weight is 603 g/mol. The summed E-state index contributed by atoms with van der Waals surface area (Å²) in [7, 11) is 0. The smallest absolute Gasteiger partial charge is 0.0725 e. The Morgan fingerprint density at radius 1 is 0.326 bits per heavy atom. The van der Waals surface area contributed by atoms with E-state index < -0.39 is 0 Å². The first-order valence-electron chi connectivity index (χ1n) is 15.9. The fourth-order valence-corrected chi connectivity index (χ4v) is 8.70. The minimum absolute atomic E-state index is 0.378. The summed E-state index contributed by atoms with van der Waals surface area (Å²) in [5.41, 5.74) is 15.0. The summed E-state index contributed by atoms with van der Waals surface area (Å²) in [6.45, 7) is 0. The number of rotatable bonds is 2. The van der Waals surface area contributed by atoms with Crippen molar-refractivity contribution in [3.63, 3.8) is 0 Å². The first-order valence-corrected chi connectivity index (χ1v) is 16.3. The molecule has 2 aliphatic rings. The van der Waals surface area contributed by atoms with Crippen LogP contribution in [0.4, 0.5) is 0 Å². The predicted octanol–water partition coefficient (Wildman–Crippen LogP) is 12.3. The maximum Gasteiger partial charge on any atom is 0.0725 e. The van der Waals surface area contributed by atoms with Crippen molar-refractivity contribution in [2.75, 3.05) is 0 Å². The highest BCUT2D eigenvalue weighted by atomic mass is 35.5. The van der Waals surface area contributed by atoms with Crippen molar-refractivity contribution < 1.29 is 0 Å². The van der Waals surface area contributed by atoms with Crippen LogP contribution in [-0.4, -0.2) is 0 Å². The molecule has 0 unspecified atom stereocenters. The SMILES string of the molecule is Clc1ccc(-c2ccc3c(c2)C2(c4ccccc4-c4ccccc42)c2ccccc2-3)c(-c2cc3ccccc3c3ccccc23)c1. The number of fused-ring (bicyclic) bond motifs is 13. The molecule has 10 rings (SSSR count). The van der Waals surface area contributed by atoms with Gasteiger partial charge in [0.2, 0.25) is 0 Å². The molecule has 46 heavy (non-hydrogen) atoms. The molecule has 0 N–H and O–H groups in total. The van der Waals surface area contributed by atoms with Gasteiger partial charge in [-0.1, -0.05) is 151 Å². The van der Waals surface area contributed by atoms with Crippen LogP contribution in [0.3, 0.4) is 0 Å². The van der Waals surface area contributed by atoms with Crippen LogP contribution < -0.4 is 0 Å². The summed E-state index contributed by atoms with van der Waals surface area (Å²) < 4.78 is 0. The summed E-state index contributed by atoms with van der Waals surface area (Å²) in [5.74, 6) is 0. The highest BCUT2D eigenvalue weighted by Crippen LogP contribution is 2.63. The number of benzene rings is 8. The summed E-state index contributed by atoms with van der Waals surface area (Å²) in [6.07, 6.45) is 0. The van der Waals surface area contributed by atoms with Crippen LogP contribution in [-0.2, 0) is 5.41 Å². The first-order chi connectivity index (χ1) is 22.7. The summed E-state index contributed by atoms with van der Waals surface area (Å²) in [4.78, 5) is 0. The quantitative estimate of drug-likeness (QED) is 0.173. The molecule has 0 heterocycles. The van der Waals surface area contributed by atoms with E-state index in [1.165, 1.54) is 82.7 Å². The summed E-state index contributed by atoms with van der Waals surface area (Å²) in [6, 6.07) is 60.2. The van der Waals surface area contributed by atoms with E-state index in [4.69, 9.17) is 11.6 Å². The van der Waals surface area contributed by atoms with Gasteiger partial charge in [-0.25, -0.2) is 0 Å². The van der Waals surface area contributed by atoms with Crippen molar-refractivity contribution >= 4 is 33.1 Å². The zero-order valence-corrected chi connectivity index (χ0v) is 25.7. The molecule has 0 atom stereocenters. The lowest BCUT2D eigenvalue weighted by molar-refractivity contribution is 0.794. The van der Waals surface area contributed by atoms with Gasteiger partial charge in [-0.05, 0) is 113 Å². The fourth-order valence-electron chi connectivity index (χ4n) is 8.53. The van der Waals surface area contributed by atoms with Crippen LogP contribution in [0.15, 0.2) is 164 Å². The van der Waals surface area contributed by atoms with Gasteiger partial charge in [0.25, 0.3) is 0 Å². The first kappa shape index (κ1) is 25.9. The van der Waals surface area contributed by atoms with E-state index in [-0.39, 0.29) is 5.41 Å². The Morgan fingerprint density at radius 2 is 0.848 bits per heavy atom. The fraction of sp³-hybridized carbons (Fsp3) is 0.0222. The van der Waals surface area contributed by atoms with Crippen molar-refractivity contribution in [3.05, 3.63) is 191 Å². The molecule has 0 bridgehead atoms. The van der Waals surface area contributed by atoms with Crippen LogP contribution in [0, 0.1) is 0 Å². The van der Waals surface area contributed by atoms with Gasteiger partial charge in [-0.2, -0.15) is 0 Å². The van der Waals surface area contributed by atoms with Gasteiger partial charge in [-0.3, -0.25) is 0 Å². The van der Waals surface area contributed by atoms with E-state index in [2.05, 4.69) is 158 Å². The van der Waals surface area contributed by atoms with Gasteiger partial charge in [0.05, 0.1) is 5.41 Å². The third-order valence-corrected chi connectivity index (χ3v) is 10.6. The van der Waals surface area contributed by atoms with Gasteiger partial charge < -0.3 is 0 Å². The Balaban J connectivity index is 1.28. The molecule has 1 heteroatoms. The van der Waals surface area contributed by atoms with Crippen molar-refractivity contribution in [3.8, 4) is 44.5 Å². The molecule has 0 saturated heterocycles. The molecule has 0 saturated carbocycles. The Bertz CT molecular complexity index is 2490. The van der Waals surface area contributed by atoms with Crippen molar-refractivity contribution in [1.29, 1.82) is 0 Å². The van der Waals surface area contributed by atoms with Crippen molar-refractivity contribution in [2.24, 2.45) is 0 Å². The monoisotopic (exact) mass is 602 g/mol. The Morgan fingerprint density at radius 3 is 1.52 bits per heavy atom. The third-order valence-electron chi connectivity index (χ3n) is 10.3. The maximum atomic E-state index is 6.79. The minimum Gasteiger partial charge on any atom is -0.0843 e. The lowest BCUT2D eigenvalue weighted by Gasteiger charge is -2.30. The Hall–Kier alpha value is -5.43. The average Bonchev–Trinajstić information content (AvgIpc) is 3.58. The largest absolute Gasteiger partial charge is 0.0843 e. The molecule has 2 aliphatic carbocycles. The molecule has 214 valence electrons. The molecule has 8 aromatic carbocycles. The van der Waals surface area contributed by atoms with E-state index in [9.17, 15) is 0 Å². The molecule has 0 aliphatic heterocycles. The van der Waals surface area contributed by atoms with Gasteiger partial charge in [0, 0.05) is 5.02 Å². The van der Waals surface area contributed by atoms with E-state index >= 15 is 0 Å². The number of halogens is 1. The van der Waals surface area contributed by atoms with Crippen molar-refractivity contribution in [2.45, 2.75) is 5.41 Å². The molecule has 0 aromatic heterocycles. The maximum absolute atomic E-state index is 6.79. The lowest BCUT2D eigenvalue weighted by Crippen LogP contribution is -2.25. The molecule has 0 amide bonds. The van der Waals surface area contributed by atoms with E-state index in [1.807, 2.05) is 6.07 Å². The van der Waals surface area contributed by atoms with E-state index in [0.29, 0.717) is 0 Å². The number of hydrogen-bond acceptors (Lipinski definition) is 0. The van der Waals surface area contributed by atoms with Crippen LogP contribution in [0.1, 0.15) is 22.3 Å². The zero-order valence-electron chi connectivity index (χ0n) is 25.0. The molecular weight excluding hydrogens is 576 g/mol. The van der Waals surface area contributed by atoms with Gasteiger partial charge >= 0.3 is 0 Å². The van der Waals surface area contributed by atoms with Crippen molar-refractivity contribution in [1.82, 2.24) is 0 Å².